The maximum Gasteiger partial charge on any atom is 0.261 e. The molecule has 3 rings (SSSR count). The van der Waals surface area contributed by atoms with Gasteiger partial charge in [-0.15, -0.1) is 0 Å². The van der Waals surface area contributed by atoms with Gasteiger partial charge in [0.05, 0.1) is 23.3 Å². The van der Waals surface area contributed by atoms with Gasteiger partial charge in [0, 0.05) is 10.6 Å². The number of hydrogen-bond donors (Lipinski definition) is 0. The molecule has 0 aliphatic heterocycles. The molecule has 0 bridgehead atoms. The lowest BCUT2D eigenvalue weighted by Crippen LogP contribution is -2.28. The maximum atomic E-state index is 12.5. The molecule has 0 N–H and O–H groups in total. The molecule has 0 saturated carbocycles. The second kappa shape index (κ2) is 5.73. The Morgan fingerprint density at radius 2 is 1.91 bits per heavy atom. The molecule has 0 amide bonds. The molecule has 0 aliphatic rings. The van der Waals surface area contributed by atoms with E-state index in [2.05, 4.69) is 4.98 Å². The number of Topliss-reactive ketones (excluding diaryl/α,β-unsaturated/α-hetero) is 1. The number of aromatic nitrogens is 2. The molecule has 1 unspecified atom stereocenters. The number of carbonyl (C=O) groups excluding carboxylic acids is 1. The van der Waals surface area contributed by atoms with Crippen molar-refractivity contribution in [3.05, 3.63) is 75.8 Å². The van der Waals surface area contributed by atoms with Gasteiger partial charge in [-0.05, 0) is 25.1 Å². The van der Waals surface area contributed by atoms with Crippen LogP contribution in [0.3, 0.4) is 0 Å². The molecular weight excluding hydrogens is 300 g/mol. The molecule has 22 heavy (non-hydrogen) atoms. The van der Waals surface area contributed by atoms with Gasteiger partial charge in [-0.2, -0.15) is 0 Å². The van der Waals surface area contributed by atoms with Crippen LogP contribution in [0.25, 0.3) is 10.9 Å². The summed E-state index contributed by atoms with van der Waals surface area (Å²) in [5.74, 6) is -0.127. The van der Waals surface area contributed by atoms with Gasteiger partial charge >= 0.3 is 0 Å². The number of ketones is 1. The summed E-state index contributed by atoms with van der Waals surface area (Å²) in [6.45, 7) is 1.69. The van der Waals surface area contributed by atoms with E-state index in [1.165, 1.54) is 10.9 Å². The number of nitrogens with zero attached hydrogens (tertiary/aromatic N) is 2. The summed E-state index contributed by atoms with van der Waals surface area (Å²) in [6, 6.07) is 13.2. The summed E-state index contributed by atoms with van der Waals surface area (Å²) < 4.78 is 1.35. The minimum atomic E-state index is -0.623. The Kier molecular flexibility index (Phi) is 3.77. The van der Waals surface area contributed by atoms with Gasteiger partial charge in [0.25, 0.3) is 5.56 Å². The Hall–Kier alpha value is -2.46. The zero-order valence-corrected chi connectivity index (χ0v) is 12.6. The van der Waals surface area contributed by atoms with Crippen LogP contribution in [0, 0.1) is 0 Å². The van der Waals surface area contributed by atoms with Crippen LogP contribution in [0.5, 0.6) is 0 Å². The summed E-state index contributed by atoms with van der Waals surface area (Å²) in [5.41, 5.74) is 0.838. The summed E-state index contributed by atoms with van der Waals surface area (Å²) in [4.78, 5) is 29.2. The first-order valence-corrected chi connectivity index (χ1v) is 7.21. The summed E-state index contributed by atoms with van der Waals surface area (Å²) >= 11 is 5.90. The van der Waals surface area contributed by atoms with E-state index in [1.54, 1.807) is 49.4 Å². The normalized spacial score (nSPS) is 12.3. The summed E-state index contributed by atoms with van der Waals surface area (Å²) in [7, 11) is 0. The Morgan fingerprint density at radius 3 is 2.64 bits per heavy atom. The minimum Gasteiger partial charge on any atom is -0.292 e. The van der Waals surface area contributed by atoms with Crippen molar-refractivity contribution in [1.82, 2.24) is 9.55 Å². The summed E-state index contributed by atoms with van der Waals surface area (Å²) in [6.07, 6.45) is 1.40. The first kappa shape index (κ1) is 14.5. The van der Waals surface area contributed by atoms with Gasteiger partial charge in [0.2, 0.25) is 0 Å². The third-order valence-corrected chi connectivity index (χ3v) is 3.84. The molecular formula is C17H13ClN2O2. The smallest absolute Gasteiger partial charge is 0.261 e. The Balaban J connectivity index is 2.07. The van der Waals surface area contributed by atoms with E-state index < -0.39 is 6.04 Å². The fraction of sp³-hybridized carbons (Fsp3) is 0.118. The fourth-order valence-corrected chi connectivity index (χ4v) is 2.52. The lowest BCUT2D eigenvalue weighted by molar-refractivity contribution is 0.0932. The van der Waals surface area contributed by atoms with E-state index >= 15 is 0 Å². The number of fused-ring (bicyclic) bond motifs is 1. The second-order valence-corrected chi connectivity index (χ2v) is 5.46. The fourth-order valence-electron chi connectivity index (χ4n) is 2.35. The van der Waals surface area contributed by atoms with E-state index in [9.17, 15) is 9.59 Å². The van der Waals surface area contributed by atoms with Crippen LogP contribution in [-0.2, 0) is 0 Å². The first-order valence-electron chi connectivity index (χ1n) is 6.83. The van der Waals surface area contributed by atoms with Crippen molar-refractivity contribution in [3.63, 3.8) is 0 Å². The van der Waals surface area contributed by atoms with Crippen molar-refractivity contribution in [3.8, 4) is 0 Å². The van der Waals surface area contributed by atoms with Crippen LogP contribution in [-0.4, -0.2) is 15.3 Å². The van der Waals surface area contributed by atoms with Crippen molar-refractivity contribution < 1.29 is 4.79 Å². The second-order valence-electron chi connectivity index (χ2n) is 5.02. The molecule has 0 aliphatic carbocycles. The molecule has 4 nitrogen and oxygen atoms in total. The van der Waals surface area contributed by atoms with Crippen molar-refractivity contribution in [1.29, 1.82) is 0 Å². The molecule has 0 saturated heterocycles. The van der Waals surface area contributed by atoms with E-state index in [1.807, 2.05) is 6.07 Å². The molecule has 0 spiro atoms. The molecule has 0 fully saturated rings. The standard InChI is InChI=1S/C17H13ClN2O2/c1-11(16(21)12-5-3-2-4-6-12)20-10-19-15-9-13(18)7-8-14(15)17(20)22/h2-11H,1H3. The van der Waals surface area contributed by atoms with E-state index in [0.717, 1.165) is 0 Å². The largest absolute Gasteiger partial charge is 0.292 e. The van der Waals surface area contributed by atoms with E-state index in [0.29, 0.717) is 21.5 Å². The molecule has 5 heteroatoms. The van der Waals surface area contributed by atoms with Crippen molar-refractivity contribution >= 4 is 28.3 Å². The average molecular weight is 313 g/mol. The van der Waals surface area contributed by atoms with Crippen LogP contribution in [0.1, 0.15) is 23.3 Å². The van der Waals surface area contributed by atoms with Crippen LogP contribution in [0.15, 0.2) is 59.7 Å². The third kappa shape index (κ3) is 2.53. The quantitative estimate of drug-likeness (QED) is 0.696. The Morgan fingerprint density at radius 1 is 1.18 bits per heavy atom. The molecule has 3 aromatic rings. The zero-order chi connectivity index (χ0) is 15.7. The highest BCUT2D eigenvalue weighted by atomic mass is 35.5. The Bertz CT molecular complexity index is 903. The van der Waals surface area contributed by atoms with Crippen molar-refractivity contribution in [2.45, 2.75) is 13.0 Å². The number of carbonyl (C=O) groups is 1. The maximum absolute atomic E-state index is 12.5. The van der Waals surface area contributed by atoms with Gasteiger partial charge in [0.15, 0.2) is 5.78 Å². The number of benzene rings is 2. The highest BCUT2D eigenvalue weighted by molar-refractivity contribution is 6.31. The highest BCUT2D eigenvalue weighted by Crippen LogP contribution is 2.17. The first-order chi connectivity index (χ1) is 10.6. The van der Waals surface area contributed by atoms with Gasteiger partial charge < -0.3 is 0 Å². The lowest BCUT2D eigenvalue weighted by atomic mass is 10.1. The SMILES string of the molecule is CC(C(=O)c1ccccc1)n1cnc2cc(Cl)ccc2c1=O. The molecule has 0 radical (unpaired) electrons. The van der Waals surface area contributed by atoms with Gasteiger partial charge in [-0.25, -0.2) is 4.98 Å². The van der Waals surface area contributed by atoms with Crippen LogP contribution >= 0.6 is 11.6 Å². The summed E-state index contributed by atoms with van der Waals surface area (Å²) in [5, 5.41) is 0.963. The number of hydrogen-bond acceptors (Lipinski definition) is 3. The molecule has 1 atom stereocenters. The van der Waals surface area contributed by atoms with Crippen LogP contribution in [0.4, 0.5) is 0 Å². The third-order valence-electron chi connectivity index (χ3n) is 3.60. The lowest BCUT2D eigenvalue weighted by Gasteiger charge is -2.14. The number of halogens is 1. The van der Waals surface area contributed by atoms with E-state index in [-0.39, 0.29) is 11.3 Å². The molecule has 110 valence electrons. The predicted octanol–water partition coefficient (Wildman–Crippen LogP) is 3.49. The number of rotatable bonds is 3. The monoisotopic (exact) mass is 312 g/mol. The predicted molar refractivity (Wildman–Crippen MR) is 86.5 cm³/mol. The molecule has 1 aromatic heterocycles. The van der Waals surface area contributed by atoms with E-state index in [4.69, 9.17) is 11.6 Å². The topological polar surface area (TPSA) is 52.0 Å². The average Bonchev–Trinajstić information content (AvgIpc) is 2.54. The van der Waals surface area contributed by atoms with Crippen molar-refractivity contribution in [2.75, 3.05) is 0 Å². The van der Waals surface area contributed by atoms with Crippen LogP contribution in [0.2, 0.25) is 5.02 Å². The Labute approximate surface area is 132 Å². The van der Waals surface area contributed by atoms with Gasteiger partial charge in [0.1, 0.15) is 0 Å². The van der Waals surface area contributed by atoms with Gasteiger partial charge in [-0.1, -0.05) is 41.9 Å². The van der Waals surface area contributed by atoms with Crippen LogP contribution < -0.4 is 5.56 Å². The molecule has 2 aromatic carbocycles. The highest BCUT2D eigenvalue weighted by Gasteiger charge is 2.19. The van der Waals surface area contributed by atoms with Gasteiger partial charge in [-0.3, -0.25) is 14.2 Å². The zero-order valence-electron chi connectivity index (χ0n) is 11.9. The van der Waals surface area contributed by atoms with Crippen molar-refractivity contribution in [2.24, 2.45) is 0 Å². The minimum absolute atomic E-state index is 0.127. The molecule has 1 heterocycles.